The minimum atomic E-state index is -3.95. The van der Waals surface area contributed by atoms with Gasteiger partial charge in [0.1, 0.15) is 10.6 Å². The van der Waals surface area contributed by atoms with E-state index in [0.717, 1.165) is 18.4 Å². The predicted molar refractivity (Wildman–Crippen MR) is 114 cm³/mol. The number of sulfonamides is 1. The lowest BCUT2D eigenvalue weighted by molar-refractivity contribution is 0.432. The minimum absolute atomic E-state index is 0.159. The highest BCUT2D eigenvalue weighted by Gasteiger charge is 2.27. The molecule has 2 aromatic carbocycles. The molecule has 0 aromatic heterocycles. The van der Waals surface area contributed by atoms with Crippen LogP contribution in [0.25, 0.3) is 0 Å². The summed E-state index contributed by atoms with van der Waals surface area (Å²) in [5, 5.41) is 10.6. The summed E-state index contributed by atoms with van der Waals surface area (Å²) in [4.78, 5) is -0.159. The van der Waals surface area contributed by atoms with Crippen molar-refractivity contribution >= 4 is 31.6 Å². The van der Waals surface area contributed by atoms with E-state index < -0.39 is 15.4 Å². The van der Waals surface area contributed by atoms with Crippen LogP contribution in [0, 0.1) is 11.8 Å². The summed E-state index contributed by atoms with van der Waals surface area (Å²) in [7, 11) is -3.95. The van der Waals surface area contributed by atoms with Gasteiger partial charge in [0, 0.05) is 27.7 Å². The Balaban J connectivity index is 2.35. The third-order valence-corrected chi connectivity index (χ3v) is 5.73. The Morgan fingerprint density at radius 1 is 1.15 bits per heavy atom. The fourth-order valence-corrected chi connectivity index (χ4v) is 4.28. The molecule has 0 saturated heterocycles. The van der Waals surface area contributed by atoms with Gasteiger partial charge in [-0.05, 0) is 48.2 Å². The van der Waals surface area contributed by atoms with Crippen molar-refractivity contribution in [2.45, 2.75) is 50.8 Å². The van der Waals surface area contributed by atoms with Crippen molar-refractivity contribution in [1.82, 2.24) is 0 Å². The van der Waals surface area contributed by atoms with Gasteiger partial charge in [0.15, 0.2) is 0 Å². The second-order valence-corrected chi connectivity index (χ2v) is 9.85. The maximum Gasteiger partial charge on any atom is 0.265 e. The van der Waals surface area contributed by atoms with Gasteiger partial charge in [-0.25, -0.2) is 8.42 Å². The fraction of sp³-hybridized carbons (Fsp3) is 0.333. The zero-order valence-electron chi connectivity index (χ0n) is 15.9. The van der Waals surface area contributed by atoms with Crippen LogP contribution in [0.4, 0.5) is 5.69 Å². The first-order chi connectivity index (χ1) is 12.5. The number of phenols is 1. The Kier molecular flexibility index (Phi) is 6.61. The minimum Gasteiger partial charge on any atom is -0.506 e. The van der Waals surface area contributed by atoms with E-state index in [9.17, 15) is 13.5 Å². The Bertz CT molecular complexity index is 979. The van der Waals surface area contributed by atoms with Gasteiger partial charge in [-0.3, -0.25) is 4.72 Å². The van der Waals surface area contributed by atoms with Gasteiger partial charge >= 0.3 is 0 Å². The zero-order chi connectivity index (χ0) is 20.2. The maximum absolute atomic E-state index is 12.8. The quantitative estimate of drug-likeness (QED) is 0.613. The first kappa shape index (κ1) is 21.3. The third kappa shape index (κ3) is 5.50. The number of hydrogen-bond donors (Lipinski definition) is 2. The van der Waals surface area contributed by atoms with E-state index in [1.807, 2.05) is 20.8 Å². The molecule has 0 amide bonds. The molecule has 0 saturated carbocycles. The van der Waals surface area contributed by atoms with Crippen LogP contribution in [-0.4, -0.2) is 13.5 Å². The van der Waals surface area contributed by atoms with Gasteiger partial charge in [0.2, 0.25) is 0 Å². The molecular formula is C21H24BrNO3S. The van der Waals surface area contributed by atoms with Crippen molar-refractivity contribution in [1.29, 1.82) is 0 Å². The first-order valence-electron chi connectivity index (χ1n) is 8.69. The Morgan fingerprint density at radius 2 is 1.78 bits per heavy atom. The summed E-state index contributed by atoms with van der Waals surface area (Å²) in [5.74, 6) is 5.85. The molecule has 0 atom stereocenters. The summed E-state index contributed by atoms with van der Waals surface area (Å²) < 4.78 is 28.8. The van der Waals surface area contributed by atoms with E-state index in [4.69, 9.17) is 0 Å². The number of unbranched alkanes of at least 4 members (excludes halogenated alkanes) is 1. The molecule has 27 heavy (non-hydrogen) atoms. The van der Waals surface area contributed by atoms with Crippen molar-refractivity contribution in [3.63, 3.8) is 0 Å². The molecule has 4 nitrogen and oxygen atoms in total. The molecular weight excluding hydrogens is 426 g/mol. The number of hydrogen-bond acceptors (Lipinski definition) is 3. The van der Waals surface area contributed by atoms with Crippen LogP contribution in [0.3, 0.4) is 0 Å². The van der Waals surface area contributed by atoms with Crippen molar-refractivity contribution in [2.75, 3.05) is 4.72 Å². The van der Waals surface area contributed by atoms with Crippen LogP contribution in [0.2, 0.25) is 0 Å². The van der Waals surface area contributed by atoms with E-state index >= 15 is 0 Å². The predicted octanol–water partition coefficient (Wildman–Crippen LogP) is 5.40. The third-order valence-electron chi connectivity index (χ3n) is 3.88. The highest BCUT2D eigenvalue weighted by Crippen LogP contribution is 2.38. The monoisotopic (exact) mass is 449 g/mol. The molecule has 144 valence electrons. The SMILES string of the molecule is CCCC#Cc1ccc(NS(=O)(=O)c2cc(Br)cc(C(C)(C)C)c2O)cc1. The zero-order valence-corrected chi connectivity index (χ0v) is 18.3. The number of aromatic hydroxyl groups is 1. The summed E-state index contributed by atoms with van der Waals surface area (Å²) in [6.45, 7) is 7.80. The molecule has 0 aliphatic carbocycles. The lowest BCUT2D eigenvalue weighted by atomic mass is 9.86. The van der Waals surface area contributed by atoms with Crippen molar-refractivity contribution < 1.29 is 13.5 Å². The molecule has 0 unspecified atom stereocenters. The standard InChI is InChI=1S/C21H24BrNO3S/c1-5-6-7-8-15-9-11-17(12-10-15)23-27(25,26)19-14-16(22)13-18(20(19)24)21(2,3)4/h9-14,23-24H,5-6H2,1-4H3. The molecule has 0 heterocycles. The van der Waals surface area contributed by atoms with Crippen LogP contribution in [0.5, 0.6) is 5.75 Å². The van der Waals surface area contributed by atoms with Gasteiger partial charge in [0.25, 0.3) is 10.0 Å². The van der Waals surface area contributed by atoms with E-state index in [2.05, 4.69) is 39.4 Å². The fourth-order valence-electron chi connectivity index (χ4n) is 2.47. The summed E-state index contributed by atoms with van der Waals surface area (Å²) >= 11 is 3.34. The molecule has 0 bridgehead atoms. The summed E-state index contributed by atoms with van der Waals surface area (Å²) in [6, 6.07) is 9.99. The maximum atomic E-state index is 12.8. The highest BCUT2D eigenvalue weighted by atomic mass is 79.9. The summed E-state index contributed by atoms with van der Waals surface area (Å²) in [5.41, 5.74) is 1.38. The van der Waals surface area contributed by atoms with Crippen LogP contribution < -0.4 is 4.72 Å². The largest absolute Gasteiger partial charge is 0.506 e. The average Bonchev–Trinajstić information content (AvgIpc) is 2.57. The highest BCUT2D eigenvalue weighted by molar-refractivity contribution is 9.10. The van der Waals surface area contributed by atoms with Crippen LogP contribution in [0.15, 0.2) is 45.8 Å². The number of anilines is 1. The number of benzene rings is 2. The number of phenolic OH excluding ortho intramolecular Hbond substituents is 1. The van der Waals surface area contributed by atoms with Crippen molar-refractivity contribution in [3.8, 4) is 17.6 Å². The Hall–Kier alpha value is -1.97. The second kappa shape index (κ2) is 8.37. The normalized spacial score (nSPS) is 11.6. The molecule has 0 aliphatic heterocycles. The number of halogens is 1. The van der Waals surface area contributed by atoms with E-state index in [1.165, 1.54) is 6.07 Å². The van der Waals surface area contributed by atoms with Gasteiger partial charge < -0.3 is 5.11 Å². The molecule has 2 N–H and O–H groups in total. The van der Waals surface area contributed by atoms with Crippen LogP contribution in [-0.2, 0) is 15.4 Å². The topological polar surface area (TPSA) is 66.4 Å². The van der Waals surface area contributed by atoms with Crippen LogP contribution in [0.1, 0.15) is 51.7 Å². The van der Waals surface area contributed by atoms with E-state index in [-0.39, 0.29) is 10.6 Å². The van der Waals surface area contributed by atoms with Crippen molar-refractivity contribution in [3.05, 3.63) is 52.0 Å². The molecule has 0 aliphatic rings. The van der Waals surface area contributed by atoms with Gasteiger partial charge in [0.05, 0.1) is 0 Å². The molecule has 0 radical (unpaired) electrons. The smallest absolute Gasteiger partial charge is 0.265 e. The molecule has 6 heteroatoms. The van der Waals surface area contributed by atoms with Crippen molar-refractivity contribution in [2.24, 2.45) is 0 Å². The average molecular weight is 450 g/mol. The number of nitrogens with one attached hydrogen (secondary N) is 1. The van der Waals surface area contributed by atoms with E-state index in [0.29, 0.717) is 15.7 Å². The molecule has 0 fully saturated rings. The second-order valence-electron chi connectivity index (χ2n) is 7.28. The molecule has 0 spiro atoms. The van der Waals surface area contributed by atoms with Gasteiger partial charge in [-0.15, -0.1) is 0 Å². The Morgan fingerprint density at radius 3 is 2.33 bits per heavy atom. The van der Waals surface area contributed by atoms with E-state index in [1.54, 1.807) is 30.3 Å². The lowest BCUT2D eigenvalue weighted by Crippen LogP contribution is -2.17. The molecule has 2 aromatic rings. The summed E-state index contributed by atoms with van der Waals surface area (Å²) in [6.07, 6.45) is 1.82. The lowest BCUT2D eigenvalue weighted by Gasteiger charge is -2.22. The number of rotatable bonds is 4. The van der Waals surface area contributed by atoms with Gasteiger partial charge in [-0.2, -0.15) is 0 Å². The van der Waals surface area contributed by atoms with Crippen LogP contribution >= 0.6 is 15.9 Å². The Labute approximate surface area is 170 Å². The van der Waals surface area contributed by atoms with Gasteiger partial charge in [-0.1, -0.05) is 55.5 Å². The molecule has 2 rings (SSSR count). The first-order valence-corrected chi connectivity index (χ1v) is 11.0.